The van der Waals surface area contributed by atoms with Gasteiger partial charge in [-0.2, -0.15) is 0 Å². The standard InChI is InChI=1S/C17H16ClFN2O2S/c18-12-4-1-5-13(19)15(12)17(23)21-8-3-7-20(9-10-21)16(22)14-6-2-11-24-14/h1-2,4-6,11H,3,7-10H2. The molecule has 1 fully saturated rings. The fourth-order valence-corrected chi connectivity index (χ4v) is 3.67. The Morgan fingerprint density at radius 2 is 1.71 bits per heavy atom. The zero-order chi connectivity index (χ0) is 17.1. The van der Waals surface area contributed by atoms with Crippen molar-refractivity contribution in [2.75, 3.05) is 26.2 Å². The Balaban J connectivity index is 1.71. The van der Waals surface area contributed by atoms with Gasteiger partial charge in [0.15, 0.2) is 0 Å². The lowest BCUT2D eigenvalue weighted by Gasteiger charge is -2.22. The molecule has 2 aromatic rings. The lowest BCUT2D eigenvalue weighted by molar-refractivity contribution is 0.0718. The van der Waals surface area contributed by atoms with Gasteiger partial charge < -0.3 is 9.80 Å². The molecule has 7 heteroatoms. The van der Waals surface area contributed by atoms with E-state index in [4.69, 9.17) is 11.6 Å². The molecule has 0 atom stereocenters. The lowest BCUT2D eigenvalue weighted by atomic mass is 10.1. The number of thiophene rings is 1. The van der Waals surface area contributed by atoms with Crippen LogP contribution in [0, 0.1) is 5.82 Å². The van der Waals surface area contributed by atoms with E-state index in [2.05, 4.69) is 0 Å². The van der Waals surface area contributed by atoms with E-state index in [1.54, 1.807) is 15.9 Å². The first-order valence-corrected chi connectivity index (χ1v) is 8.90. The minimum atomic E-state index is -0.622. The van der Waals surface area contributed by atoms with Gasteiger partial charge in [0, 0.05) is 26.2 Å². The smallest absolute Gasteiger partial charge is 0.263 e. The van der Waals surface area contributed by atoms with Crippen molar-refractivity contribution in [2.45, 2.75) is 6.42 Å². The third kappa shape index (κ3) is 3.44. The van der Waals surface area contributed by atoms with Crippen molar-refractivity contribution in [3.05, 3.63) is 57.0 Å². The average molecular weight is 367 g/mol. The normalized spacial score (nSPS) is 15.2. The van der Waals surface area contributed by atoms with Gasteiger partial charge in [0.25, 0.3) is 11.8 Å². The first-order valence-electron chi connectivity index (χ1n) is 7.64. The van der Waals surface area contributed by atoms with Gasteiger partial charge in [0.2, 0.25) is 0 Å². The van der Waals surface area contributed by atoms with E-state index in [0.717, 1.165) is 0 Å². The Morgan fingerprint density at radius 1 is 1.00 bits per heavy atom. The molecule has 0 radical (unpaired) electrons. The van der Waals surface area contributed by atoms with E-state index in [9.17, 15) is 14.0 Å². The summed E-state index contributed by atoms with van der Waals surface area (Å²) in [6.07, 6.45) is 0.648. The molecule has 1 saturated heterocycles. The van der Waals surface area contributed by atoms with Crippen LogP contribution >= 0.6 is 22.9 Å². The maximum atomic E-state index is 14.0. The highest BCUT2D eigenvalue weighted by Crippen LogP contribution is 2.22. The summed E-state index contributed by atoms with van der Waals surface area (Å²) >= 11 is 7.38. The maximum absolute atomic E-state index is 14.0. The highest BCUT2D eigenvalue weighted by atomic mass is 35.5. The SMILES string of the molecule is O=C(c1cccs1)N1CCCN(C(=O)c2c(F)cccc2Cl)CC1. The van der Waals surface area contributed by atoms with Crippen LogP contribution in [0.5, 0.6) is 0 Å². The Morgan fingerprint density at radius 3 is 2.33 bits per heavy atom. The molecular formula is C17H16ClFN2O2S. The number of halogens is 2. The van der Waals surface area contributed by atoms with Crippen LogP contribution in [0.3, 0.4) is 0 Å². The second kappa shape index (κ2) is 7.32. The Kier molecular flexibility index (Phi) is 5.16. The molecule has 4 nitrogen and oxygen atoms in total. The third-order valence-electron chi connectivity index (χ3n) is 3.98. The number of hydrogen-bond acceptors (Lipinski definition) is 3. The van der Waals surface area contributed by atoms with Crippen molar-refractivity contribution in [1.29, 1.82) is 0 Å². The zero-order valence-corrected chi connectivity index (χ0v) is 14.4. The highest BCUT2D eigenvalue weighted by molar-refractivity contribution is 7.12. The van der Waals surface area contributed by atoms with Crippen molar-refractivity contribution in [3.8, 4) is 0 Å². The number of rotatable bonds is 2. The van der Waals surface area contributed by atoms with Gasteiger partial charge in [-0.1, -0.05) is 23.7 Å². The van der Waals surface area contributed by atoms with Gasteiger partial charge in [0.05, 0.1) is 15.5 Å². The first-order chi connectivity index (χ1) is 11.6. The minimum absolute atomic E-state index is 0.0248. The molecule has 1 aliphatic heterocycles. The second-order valence-electron chi connectivity index (χ2n) is 5.51. The molecule has 1 aliphatic rings. The molecule has 0 aliphatic carbocycles. The van der Waals surface area contributed by atoms with Crippen LogP contribution in [0.4, 0.5) is 4.39 Å². The van der Waals surface area contributed by atoms with Crippen molar-refractivity contribution < 1.29 is 14.0 Å². The molecule has 24 heavy (non-hydrogen) atoms. The quantitative estimate of drug-likeness (QED) is 0.815. The molecule has 1 aromatic carbocycles. The summed E-state index contributed by atoms with van der Waals surface area (Å²) in [4.78, 5) is 29.0. The van der Waals surface area contributed by atoms with E-state index in [1.165, 1.54) is 29.5 Å². The van der Waals surface area contributed by atoms with Crippen LogP contribution < -0.4 is 0 Å². The van der Waals surface area contributed by atoms with Crippen LogP contribution in [-0.2, 0) is 0 Å². The van der Waals surface area contributed by atoms with Crippen molar-refractivity contribution in [3.63, 3.8) is 0 Å². The molecule has 0 bridgehead atoms. The van der Waals surface area contributed by atoms with Crippen LogP contribution in [0.2, 0.25) is 5.02 Å². The van der Waals surface area contributed by atoms with E-state index in [1.807, 2.05) is 11.4 Å². The van der Waals surface area contributed by atoms with E-state index in [-0.39, 0.29) is 16.5 Å². The fraction of sp³-hybridized carbons (Fsp3) is 0.294. The number of benzene rings is 1. The van der Waals surface area contributed by atoms with Crippen LogP contribution in [0.1, 0.15) is 26.5 Å². The molecule has 0 N–H and O–H groups in total. The molecule has 0 spiro atoms. The van der Waals surface area contributed by atoms with E-state index in [0.29, 0.717) is 37.5 Å². The summed E-state index contributed by atoms with van der Waals surface area (Å²) in [5.41, 5.74) is -0.0998. The van der Waals surface area contributed by atoms with Crippen LogP contribution in [0.15, 0.2) is 35.7 Å². The largest absolute Gasteiger partial charge is 0.337 e. The number of amides is 2. The summed E-state index contributed by atoms with van der Waals surface area (Å²) in [6, 6.07) is 7.83. The molecular weight excluding hydrogens is 351 g/mol. The van der Waals surface area contributed by atoms with Crippen LogP contribution in [0.25, 0.3) is 0 Å². The summed E-state index contributed by atoms with van der Waals surface area (Å²) in [6.45, 7) is 1.83. The Labute approximate surface area is 148 Å². The Hall–Kier alpha value is -1.92. The second-order valence-corrected chi connectivity index (χ2v) is 6.87. The average Bonchev–Trinajstić information content (AvgIpc) is 2.98. The number of hydrogen-bond donors (Lipinski definition) is 0. The van der Waals surface area contributed by atoms with Crippen molar-refractivity contribution in [2.24, 2.45) is 0 Å². The van der Waals surface area contributed by atoms with Gasteiger partial charge in [-0.15, -0.1) is 11.3 Å². The fourth-order valence-electron chi connectivity index (χ4n) is 2.74. The molecule has 3 rings (SSSR count). The lowest BCUT2D eigenvalue weighted by Crippen LogP contribution is -2.37. The summed E-state index contributed by atoms with van der Waals surface area (Å²) in [5, 5.41) is 1.97. The summed E-state index contributed by atoms with van der Waals surface area (Å²) < 4.78 is 14.0. The van der Waals surface area contributed by atoms with Crippen molar-refractivity contribution >= 4 is 34.8 Å². The monoisotopic (exact) mass is 366 g/mol. The highest BCUT2D eigenvalue weighted by Gasteiger charge is 2.26. The Bertz CT molecular complexity index is 731. The first kappa shape index (κ1) is 16.9. The van der Waals surface area contributed by atoms with Crippen molar-refractivity contribution in [1.82, 2.24) is 9.80 Å². The predicted molar refractivity (Wildman–Crippen MR) is 92.2 cm³/mol. The predicted octanol–water partition coefficient (Wildman–Crippen LogP) is 3.53. The zero-order valence-electron chi connectivity index (χ0n) is 12.9. The number of carbonyl (C=O) groups is 2. The van der Waals surface area contributed by atoms with E-state index >= 15 is 0 Å². The van der Waals surface area contributed by atoms with Gasteiger partial charge in [-0.25, -0.2) is 4.39 Å². The van der Waals surface area contributed by atoms with E-state index < -0.39 is 11.7 Å². The van der Waals surface area contributed by atoms with Gasteiger partial charge in [-0.3, -0.25) is 9.59 Å². The van der Waals surface area contributed by atoms with Gasteiger partial charge >= 0.3 is 0 Å². The molecule has 2 heterocycles. The van der Waals surface area contributed by atoms with Gasteiger partial charge in [-0.05, 0) is 30.0 Å². The molecule has 126 valence electrons. The molecule has 0 saturated carbocycles. The molecule has 2 amide bonds. The van der Waals surface area contributed by atoms with Gasteiger partial charge in [0.1, 0.15) is 5.82 Å². The summed E-state index contributed by atoms with van der Waals surface area (Å²) in [7, 11) is 0. The van der Waals surface area contributed by atoms with Crippen LogP contribution in [-0.4, -0.2) is 47.8 Å². The number of nitrogens with zero attached hydrogens (tertiary/aromatic N) is 2. The third-order valence-corrected chi connectivity index (χ3v) is 5.15. The molecule has 0 unspecified atom stereocenters. The topological polar surface area (TPSA) is 40.6 Å². The minimum Gasteiger partial charge on any atom is -0.337 e. The summed E-state index contributed by atoms with van der Waals surface area (Å²) in [5.74, 6) is -1.07. The molecule has 1 aromatic heterocycles. The number of carbonyl (C=O) groups excluding carboxylic acids is 2. The maximum Gasteiger partial charge on any atom is 0.263 e.